The Labute approximate surface area is 147 Å². The largest absolute Gasteiger partial charge is 0.457 e. The maximum Gasteiger partial charge on any atom is 0.253 e. The van der Waals surface area contributed by atoms with Crippen LogP contribution >= 0.6 is 0 Å². The summed E-state index contributed by atoms with van der Waals surface area (Å²) in [5.41, 5.74) is 0.657. The first kappa shape index (κ1) is 17.4. The van der Waals surface area contributed by atoms with Gasteiger partial charge in [-0.05, 0) is 44.0 Å². The van der Waals surface area contributed by atoms with Gasteiger partial charge in [-0.15, -0.1) is 0 Å². The first-order valence-electron chi connectivity index (χ1n) is 8.43. The SMILES string of the molecule is C[C@@H](OC[C@@H]1CCCO1)C(=O)Nc1cccc(Oc2ccncc2)c1. The molecular formula is C19H22N2O4. The number of benzene rings is 1. The number of carbonyl (C=O) groups is 1. The van der Waals surface area contributed by atoms with Crippen LogP contribution in [-0.4, -0.2) is 36.3 Å². The fourth-order valence-corrected chi connectivity index (χ4v) is 2.53. The lowest BCUT2D eigenvalue weighted by molar-refractivity contribution is -0.128. The highest BCUT2D eigenvalue weighted by molar-refractivity contribution is 5.94. The molecule has 0 bridgehead atoms. The molecule has 0 saturated carbocycles. The summed E-state index contributed by atoms with van der Waals surface area (Å²) in [6.07, 6.45) is 4.92. The van der Waals surface area contributed by atoms with Gasteiger partial charge in [0.25, 0.3) is 5.91 Å². The summed E-state index contributed by atoms with van der Waals surface area (Å²) in [5, 5.41) is 2.85. The number of anilines is 1. The van der Waals surface area contributed by atoms with E-state index in [1.807, 2.05) is 18.2 Å². The van der Waals surface area contributed by atoms with Crippen LogP contribution in [0.1, 0.15) is 19.8 Å². The summed E-state index contributed by atoms with van der Waals surface area (Å²) >= 11 is 0. The quantitative estimate of drug-likeness (QED) is 0.835. The number of pyridine rings is 1. The summed E-state index contributed by atoms with van der Waals surface area (Å²) in [7, 11) is 0. The smallest absolute Gasteiger partial charge is 0.253 e. The van der Waals surface area contributed by atoms with E-state index in [0.29, 0.717) is 23.8 Å². The monoisotopic (exact) mass is 342 g/mol. The Hall–Kier alpha value is -2.44. The van der Waals surface area contributed by atoms with Crippen molar-refractivity contribution in [2.75, 3.05) is 18.5 Å². The number of aromatic nitrogens is 1. The first-order chi connectivity index (χ1) is 12.2. The third-order valence-corrected chi connectivity index (χ3v) is 3.91. The molecule has 132 valence electrons. The molecule has 1 amide bonds. The van der Waals surface area contributed by atoms with E-state index >= 15 is 0 Å². The van der Waals surface area contributed by atoms with Gasteiger partial charge in [0, 0.05) is 30.8 Å². The van der Waals surface area contributed by atoms with Crippen LogP contribution in [0, 0.1) is 0 Å². The molecular weight excluding hydrogens is 320 g/mol. The van der Waals surface area contributed by atoms with Crippen LogP contribution in [0.4, 0.5) is 5.69 Å². The Morgan fingerprint density at radius 2 is 2.16 bits per heavy atom. The van der Waals surface area contributed by atoms with Crippen molar-refractivity contribution in [1.82, 2.24) is 4.98 Å². The van der Waals surface area contributed by atoms with Gasteiger partial charge in [0.2, 0.25) is 0 Å². The second-order valence-electron chi connectivity index (χ2n) is 5.91. The van der Waals surface area contributed by atoms with Crippen molar-refractivity contribution in [1.29, 1.82) is 0 Å². The molecule has 2 aromatic rings. The number of rotatable bonds is 7. The second kappa shape index (κ2) is 8.60. The molecule has 3 rings (SSSR count). The molecule has 1 aliphatic rings. The molecule has 1 N–H and O–H groups in total. The van der Waals surface area contributed by atoms with Crippen LogP contribution in [0.25, 0.3) is 0 Å². The molecule has 1 aromatic heterocycles. The molecule has 0 radical (unpaired) electrons. The van der Waals surface area contributed by atoms with E-state index in [9.17, 15) is 4.79 Å². The van der Waals surface area contributed by atoms with Crippen LogP contribution in [0.2, 0.25) is 0 Å². The van der Waals surface area contributed by atoms with Crippen LogP contribution in [-0.2, 0) is 14.3 Å². The van der Waals surface area contributed by atoms with Crippen molar-refractivity contribution in [2.24, 2.45) is 0 Å². The minimum Gasteiger partial charge on any atom is -0.457 e. The first-order valence-corrected chi connectivity index (χ1v) is 8.43. The molecule has 2 atom stereocenters. The van der Waals surface area contributed by atoms with Gasteiger partial charge in [-0.3, -0.25) is 9.78 Å². The average molecular weight is 342 g/mol. The lowest BCUT2D eigenvalue weighted by atomic mass is 10.2. The highest BCUT2D eigenvalue weighted by Crippen LogP contribution is 2.23. The normalized spacial score (nSPS) is 17.9. The van der Waals surface area contributed by atoms with Gasteiger partial charge in [-0.25, -0.2) is 0 Å². The van der Waals surface area contributed by atoms with Crippen LogP contribution in [0.3, 0.4) is 0 Å². The van der Waals surface area contributed by atoms with Crippen molar-refractivity contribution in [3.8, 4) is 11.5 Å². The van der Waals surface area contributed by atoms with Gasteiger partial charge in [0.15, 0.2) is 0 Å². The van der Waals surface area contributed by atoms with E-state index < -0.39 is 6.10 Å². The maximum atomic E-state index is 12.3. The zero-order chi connectivity index (χ0) is 17.5. The minimum absolute atomic E-state index is 0.104. The standard InChI is InChI=1S/C19H22N2O4/c1-14(24-13-18-6-3-11-23-18)19(22)21-15-4-2-5-17(12-15)25-16-7-9-20-10-8-16/h2,4-5,7-10,12,14,18H,3,6,11,13H2,1H3,(H,21,22)/t14-,18+/m1/s1. The molecule has 1 aromatic carbocycles. The molecule has 0 unspecified atom stereocenters. The Kier molecular flexibility index (Phi) is 5.98. The van der Waals surface area contributed by atoms with Gasteiger partial charge in [-0.2, -0.15) is 0 Å². The van der Waals surface area contributed by atoms with E-state index in [-0.39, 0.29) is 12.0 Å². The highest BCUT2D eigenvalue weighted by Gasteiger charge is 2.20. The lowest BCUT2D eigenvalue weighted by Gasteiger charge is -2.16. The molecule has 25 heavy (non-hydrogen) atoms. The van der Waals surface area contributed by atoms with Gasteiger partial charge >= 0.3 is 0 Å². The Bertz CT molecular complexity index is 687. The molecule has 0 aliphatic carbocycles. The van der Waals surface area contributed by atoms with Gasteiger partial charge in [-0.1, -0.05) is 6.07 Å². The predicted molar refractivity (Wildman–Crippen MR) is 93.8 cm³/mol. The Balaban J connectivity index is 1.52. The number of carbonyl (C=O) groups excluding carboxylic acids is 1. The van der Waals surface area contributed by atoms with E-state index in [1.165, 1.54) is 0 Å². The van der Waals surface area contributed by atoms with E-state index in [1.54, 1.807) is 37.5 Å². The van der Waals surface area contributed by atoms with E-state index in [2.05, 4.69) is 10.3 Å². The second-order valence-corrected chi connectivity index (χ2v) is 5.91. The third-order valence-electron chi connectivity index (χ3n) is 3.91. The van der Waals surface area contributed by atoms with Crippen LogP contribution < -0.4 is 10.1 Å². The average Bonchev–Trinajstić information content (AvgIpc) is 3.14. The maximum absolute atomic E-state index is 12.3. The number of nitrogens with zero attached hydrogens (tertiary/aromatic N) is 1. The number of amides is 1. The number of ether oxygens (including phenoxy) is 3. The predicted octanol–water partition coefficient (Wildman–Crippen LogP) is 3.40. The summed E-state index contributed by atoms with van der Waals surface area (Å²) < 4.78 is 16.8. The molecule has 6 nitrogen and oxygen atoms in total. The fraction of sp³-hybridized carbons (Fsp3) is 0.368. The summed E-state index contributed by atoms with van der Waals surface area (Å²) in [6, 6.07) is 10.8. The van der Waals surface area contributed by atoms with Crippen LogP contribution in [0.5, 0.6) is 11.5 Å². The molecule has 1 saturated heterocycles. The lowest BCUT2D eigenvalue weighted by Crippen LogP contribution is -2.30. The molecule has 1 fully saturated rings. The summed E-state index contributed by atoms with van der Waals surface area (Å²) in [5.74, 6) is 1.13. The van der Waals surface area contributed by atoms with Crippen molar-refractivity contribution in [2.45, 2.75) is 32.0 Å². The van der Waals surface area contributed by atoms with E-state index in [0.717, 1.165) is 19.4 Å². The zero-order valence-electron chi connectivity index (χ0n) is 14.2. The topological polar surface area (TPSA) is 69.7 Å². The Morgan fingerprint density at radius 3 is 2.92 bits per heavy atom. The number of nitrogens with one attached hydrogen (secondary N) is 1. The molecule has 6 heteroatoms. The number of hydrogen-bond donors (Lipinski definition) is 1. The van der Waals surface area contributed by atoms with Crippen molar-refractivity contribution in [3.05, 3.63) is 48.8 Å². The summed E-state index contributed by atoms with van der Waals surface area (Å²) in [4.78, 5) is 16.2. The molecule has 0 spiro atoms. The minimum atomic E-state index is -0.547. The van der Waals surface area contributed by atoms with Gasteiger partial charge in [0.05, 0.1) is 12.7 Å². The van der Waals surface area contributed by atoms with Crippen molar-refractivity contribution in [3.63, 3.8) is 0 Å². The third kappa shape index (κ3) is 5.27. The number of hydrogen-bond acceptors (Lipinski definition) is 5. The van der Waals surface area contributed by atoms with Gasteiger partial charge < -0.3 is 19.5 Å². The fourth-order valence-electron chi connectivity index (χ4n) is 2.53. The van der Waals surface area contributed by atoms with E-state index in [4.69, 9.17) is 14.2 Å². The summed E-state index contributed by atoms with van der Waals surface area (Å²) in [6.45, 7) is 2.96. The van der Waals surface area contributed by atoms with Crippen LogP contribution in [0.15, 0.2) is 48.8 Å². The highest BCUT2D eigenvalue weighted by atomic mass is 16.5. The zero-order valence-corrected chi connectivity index (χ0v) is 14.2. The van der Waals surface area contributed by atoms with Crippen molar-refractivity contribution < 1.29 is 19.0 Å². The molecule has 1 aliphatic heterocycles. The molecule has 2 heterocycles. The van der Waals surface area contributed by atoms with Gasteiger partial charge in [0.1, 0.15) is 17.6 Å². The Morgan fingerprint density at radius 1 is 1.32 bits per heavy atom. The van der Waals surface area contributed by atoms with Crippen molar-refractivity contribution >= 4 is 11.6 Å².